The molecule has 0 saturated heterocycles. The summed E-state index contributed by atoms with van der Waals surface area (Å²) in [7, 11) is 0. The Morgan fingerprint density at radius 3 is 0.833 bits per heavy atom. The molecule has 0 spiro atoms. The van der Waals surface area contributed by atoms with Crippen LogP contribution in [0.25, 0.3) is 78.7 Å². The number of hydroxylamine groups is 4. The molecule has 36 nitrogen and oxygen atoms in total. The van der Waals surface area contributed by atoms with Crippen LogP contribution in [0.15, 0.2) is 116 Å². The van der Waals surface area contributed by atoms with E-state index in [1.54, 1.807) is 71.2 Å². The van der Waals surface area contributed by atoms with Crippen LogP contribution in [0.3, 0.4) is 0 Å². The van der Waals surface area contributed by atoms with Crippen molar-refractivity contribution in [2.45, 2.75) is 229 Å². The lowest BCUT2D eigenvalue weighted by Crippen LogP contribution is -2.30. The summed E-state index contributed by atoms with van der Waals surface area (Å²) < 4.78 is 30.0. The molecule has 0 aliphatic heterocycles. The SMILES string of the molecule is CCCc1nc(C)c2c(=O)[nH]c(-c3cc(-c4ccc(C(=O)NO)cc4)ccc3OCC)nn12.CCCc1nc(C)c2c(=O)[nH]c(-c3cc(C4CCC(C(=O)NO)CC4)ccc3OCC)nn12.CCCc1nc(C)c2c(=O)[nH]c(-c3cc(C4CCC(C(=O)NO)CC4)ccc3OCC)nn12.CCCc1nc(C)c2c(=O)[nH]c(-c3cc(C4CCC(C(=O)NO)CC4)ccc3OCC)nn12. The van der Waals surface area contributed by atoms with E-state index in [1.807, 2.05) is 121 Å². The van der Waals surface area contributed by atoms with E-state index in [4.69, 9.17) is 60.2 Å². The van der Waals surface area contributed by atoms with E-state index in [-0.39, 0.29) is 75.5 Å². The average molecular weight is 1810 g/mol. The Hall–Kier alpha value is -13.6. The van der Waals surface area contributed by atoms with Crippen molar-refractivity contribution in [1.82, 2.24) is 100 Å². The molecule has 4 amide bonds. The van der Waals surface area contributed by atoms with E-state index >= 15 is 0 Å². The van der Waals surface area contributed by atoms with Crippen LogP contribution in [0.4, 0.5) is 0 Å². The van der Waals surface area contributed by atoms with Crippen LogP contribution in [0.5, 0.6) is 23.0 Å². The molecular formula is C96H118N20O16. The minimum atomic E-state index is -0.581. The van der Waals surface area contributed by atoms with Gasteiger partial charge in [0.15, 0.2) is 45.4 Å². The van der Waals surface area contributed by atoms with Crippen LogP contribution in [0.2, 0.25) is 0 Å². The van der Waals surface area contributed by atoms with E-state index in [0.29, 0.717) is 135 Å². The number of hydrogen-bond acceptors (Lipinski definition) is 24. The van der Waals surface area contributed by atoms with Crippen LogP contribution in [-0.4, -0.2) is 149 Å². The lowest BCUT2D eigenvalue weighted by Gasteiger charge is -2.28. The number of nitrogens with one attached hydrogen (secondary N) is 8. The monoisotopic (exact) mass is 1810 g/mol. The standard InChI is InChI=1S/3C24H31N5O4.C24H25N5O4/c4*1-4-6-20-25-14(3)21-24(31)26-22(27-29(20)21)18-13-17(11-12-19(18)33-5-2)15-7-9-16(10-8-15)23(30)28-32/h3*11-13,15-16,32H,4-10H2,1-3H3,(H,28,30)(H,26,27,31);7-13,32H,4-6H2,1-3H3,(H,28,30)(H,26,27,31). The zero-order chi connectivity index (χ0) is 94.1. The molecular weight excluding hydrogens is 1690 g/mol. The molecule has 3 aliphatic carbocycles. The van der Waals surface area contributed by atoms with Crippen molar-refractivity contribution in [2.24, 2.45) is 17.8 Å². The van der Waals surface area contributed by atoms with Gasteiger partial charge in [0.1, 0.15) is 46.3 Å². The summed E-state index contributed by atoms with van der Waals surface area (Å²) in [5.41, 5.74) is 18.7. The van der Waals surface area contributed by atoms with Crippen LogP contribution in [0, 0.1) is 45.4 Å². The topological polar surface area (TPSA) is 486 Å². The number of aromatic nitrogens is 16. The summed E-state index contributed by atoms with van der Waals surface area (Å²) in [6.07, 6.45) is 15.8. The van der Waals surface area contributed by atoms with Gasteiger partial charge in [0.05, 0.1) is 71.5 Å². The highest BCUT2D eigenvalue weighted by molar-refractivity contribution is 5.94. The Kier molecular flexibility index (Phi) is 31.9. The van der Waals surface area contributed by atoms with Crippen molar-refractivity contribution in [2.75, 3.05) is 26.4 Å². The van der Waals surface area contributed by atoms with Crippen molar-refractivity contribution in [3.63, 3.8) is 0 Å². The van der Waals surface area contributed by atoms with Crippen LogP contribution in [0.1, 0.15) is 249 Å². The van der Waals surface area contributed by atoms with Gasteiger partial charge in [-0.15, -0.1) is 20.4 Å². The molecule has 3 saturated carbocycles. The van der Waals surface area contributed by atoms with Crippen LogP contribution in [-0.2, 0) is 40.1 Å². The highest BCUT2D eigenvalue weighted by Crippen LogP contribution is 2.44. The second-order valence-corrected chi connectivity index (χ2v) is 33.5. The number of aryl methyl sites for hydroxylation is 8. The van der Waals surface area contributed by atoms with Gasteiger partial charge in [-0.3, -0.25) is 59.2 Å². The molecule has 0 unspecified atom stereocenters. The normalized spacial score (nSPS) is 16.6. The maximum Gasteiger partial charge on any atom is 0.277 e. The number of benzene rings is 5. The number of nitrogens with zero attached hydrogens (tertiary/aromatic N) is 12. The fraction of sp³-hybridized carbons (Fsp3) is 0.438. The fourth-order valence-corrected chi connectivity index (χ4v) is 18.2. The Morgan fingerprint density at radius 1 is 0.341 bits per heavy atom. The zero-order valence-electron chi connectivity index (χ0n) is 76.7. The fourth-order valence-electron chi connectivity index (χ4n) is 18.2. The molecule has 132 heavy (non-hydrogen) atoms. The minimum absolute atomic E-state index is 0.157. The van der Waals surface area contributed by atoms with Gasteiger partial charge < -0.3 is 38.9 Å². The molecule has 12 N–H and O–H groups in total. The van der Waals surface area contributed by atoms with E-state index in [9.17, 15) is 38.4 Å². The smallest absolute Gasteiger partial charge is 0.277 e. The second-order valence-electron chi connectivity index (χ2n) is 33.5. The van der Waals surface area contributed by atoms with E-state index in [1.165, 1.54) is 0 Å². The van der Waals surface area contributed by atoms with Crippen molar-refractivity contribution in [3.8, 4) is 79.7 Å². The minimum Gasteiger partial charge on any atom is -0.493 e. The molecule has 16 rings (SSSR count). The highest BCUT2D eigenvalue weighted by Gasteiger charge is 2.33. The van der Waals surface area contributed by atoms with E-state index < -0.39 is 5.91 Å². The zero-order valence-corrected chi connectivity index (χ0v) is 76.7. The maximum absolute atomic E-state index is 12.9. The Balaban J connectivity index is 0.000000150. The van der Waals surface area contributed by atoms with Crippen molar-refractivity contribution < 1.29 is 59.0 Å². The van der Waals surface area contributed by atoms with Gasteiger partial charge in [-0.05, 0) is 264 Å². The lowest BCUT2D eigenvalue weighted by molar-refractivity contribution is -0.135. The summed E-state index contributed by atoms with van der Waals surface area (Å²) in [5, 5.41) is 54.5. The number of fused-ring (bicyclic) bond motifs is 4. The molecule has 13 aromatic rings. The third kappa shape index (κ3) is 21.2. The molecule has 0 bridgehead atoms. The first kappa shape index (κ1) is 96.0. The number of carbonyl (C=O) groups excluding carboxylic acids is 4. The second kappa shape index (κ2) is 43.9. The summed E-state index contributed by atoms with van der Waals surface area (Å²) >= 11 is 0. The summed E-state index contributed by atoms with van der Waals surface area (Å²) in [6.45, 7) is 25.1. The number of aromatic amines is 4. The quantitative estimate of drug-likeness (QED) is 0.0160. The third-order valence-corrected chi connectivity index (χ3v) is 24.7. The first-order valence-electron chi connectivity index (χ1n) is 45.7. The van der Waals surface area contributed by atoms with Gasteiger partial charge in [-0.2, -0.15) is 0 Å². The van der Waals surface area contributed by atoms with Crippen LogP contribution >= 0.6 is 0 Å². The molecule has 0 radical (unpaired) electrons. The number of H-pyrrole nitrogens is 4. The number of imidazole rings is 4. The third-order valence-electron chi connectivity index (χ3n) is 24.7. The van der Waals surface area contributed by atoms with Gasteiger partial charge in [0.25, 0.3) is 28.1 Å². The molecule has 0 atom stereocenters. The number of ether oxygens (including phenoxy) is 4. The van der Waals surface area contributed by atoms with E-state index in [2.05, 4.69) is 67.6 Å². The Bertz CT molecular complexity index is 6110. The summed E-state index contributed by atoms with van der Waals surface area (Å²) in [4.78, 5) is 128. The predicted octanol–water partition coefficient (Wildman–Crippen LogP) is 14.1. The van der Waals surface area contributed by atoms with Crippen LogP contribution < -0.4 is 63.1 Å². The lowest BCUT2D eigenvalue weighted by atomic mass is 9.78. The maximum atomic E-state index is 12.9. The average Bonchev–Trinajstić information content (AvgIpc) is 1.62. The molecule has 8 heterocycles. The molecule has 3 aliphatic rings. The van der Waals surface area contributed by atoms with Gasteiger partial charge >= 0.3 is 0 Å². The summed E-state index contributed by atoms with van der Waals surface area (Å²) in [6, 6.07) is 30.5. The Morgan fingerprint density at radius 2 is 0.591 bits per heavy atom. The van der Waals surface area contributed by atoms with Crippen molar-refractivity contribution >= 4 is 45.7 Å². The van der Waals surface area contributed by atoms with Gasteiger partial charge in [0.2, 0.25) is 17.7 Å². The van der Waals surface area contributed by atoms with E-state index in [0.717, 1.165) is 190 Å². The largest absolute Gasteiger partial charge is 0.493 e. The van der Waals surface area contributed by atoms with Gasteiger partial charge in [-0.25, -0.2) is 59.9 Å². The number of amides is 4. The number of rotatable bonds is 28. The van der Waals surface area contributed by atoms with Gasteiger partial charge in [-0.1, -0.05) is 64.1 Å². The van der Waals surface area contributed by atoms with Gasteiger partial charge in [0, 0.05) is 49.0 Å². The molecule has 8 aromatic heterocycles. The first-order chi connectivity index (χ1) is 63.8. The van der Waals surface area contributed by atoms with Crippen molar-refractivity contribution in [1.29, 1.82) is 0 Å². The molecule has 698 valence electrons. The first-order valence-corrected chi connectivity index (χ1v) is 45.7. The predicted molar refractivity (Wildman–Crippen MR) is 494 cm³/mol. The number of carbonyl (C=O) groups is 4. The molecule has 5 aromatic carbocycles. The summed E-state index contributed by atoms with van der Waals surface area (Å²) in [5.74, 6) is 6.19. The molecule has 36 heteroatoms. The molecule has 3 fully saturated rings. The van der Waals surface area contributed by atoms with Crippen molar-refractivity contribution in [3.05, 3.63) is 207 Å². The Labute approximate surface area is 761 Å². The highest BCUT2D eigenvalue weighted by atomic mass is 16.5. The number of hydrogen-bond donors (Lipinski definition) is 12.